The molecule has 0 amide bonds. The molecule has 0 heterocycles. The lowest BCUT2D eigenvalue weighted by atomic mass is 9.78. The van der Waals surface area contributed by atoms with E-state index in [-0.39, 0.29) is 0 Å². The van der Waals surface area contributed by atoms with Crippen LogP contribution >= 0.6 is 0 Å². The first-order chi connectivity index (χ1) is 24.7. The lowest BCUT2D eigenvalue weighted by molar-refractivity contribution is 1.29. The molecule has 50 heavy (non-hydrogen) atoms. The fourth-order valence-electron chi connectivity index (χ4n) is 7.09. The van der Waals surface area contributed by atoms with Crippen molar-refractivity contribution >= 4 is 61.4 Å². The molecule has 0 spiro atoms. The highest BCUT2D eigenvalue weighted by Crippen LogP contribution is 2.51. The number of para-hydroxylation sites is 2. The van der Waals surface area contributed by atoms with Gasteiger partial charge in [0.1, 0.15) is 0 Å². The fourth-order valence-corrected chi connectivity index (χ4v) is 7.09. The average Bonchev–Trinajstić information content (AvgIpc) is 3.18. The summed E-state index contributed by atoms with van der Waals surface area (Å²) in [6, 6.07) is 61.0. The Hall–Kier alpha value is -7.14. The van der Waals surface area contributed by atoms with E-state index in [0.29, 0.717) is 11.3 Å². The molecule has 0 fully saturated rings. The Labute approximate surface area is 290 Å². The SMILES string of the molecule is [C-]#[N+]c1ccc(N(c2ccccc2)c2ccc3cc4c(cc3c2)-c2cc3cc(N(c5ccccc5)c5ccc(C#N)cc5)ccc3cc2-4)cc1. The second kappa shape index (κ2) is 11.8. The summed E-state index contributed by atoms with van der Waals surface area (Å²) in [5.74, 6) is 0. The third-order valence-electron chi connectivity index (χ3n) is 9.54. The van der Waals surface area contributed by atoms with Gasteiger partial charge in [-0.05, 0) is 153 Å². The maximum atomic E-state index is 9.38. The van der Waals surface area contributed by atoms with Crippen molar-refractivity contribution in [2.24, 2.45) is 0 Å². The predicted molar refractivity (Wildman–Crippen MR) is 206 cm³/mol. The summed E-state index contributed by atoms with van der Waals surface area (Å²) in [5.41, 5.74) is 12.6. The molecule has 0 atom stereocenters. The first kappa shape index (κ1) is 29.0. The van der Waals surface area contributed by atoms with Gasteiger partial charge in [0, 0.05) is 34.1 Å². The molecule has 0 aliphatic heterocycles. The summed E-state index contributed by atoms with van der Waals surface area (Å²) in [6.45, 7) is 7.39. The molecule has 8 aromatic carbocycles. The van der Waals surface area contributed by atoms with Crippen molar-refractivity contribution in [3.05, 3.63) is 187 Å². The third kappa shape index (κ3) is 4.92. The number of anilines is 6. The van der Waals surface area contributed by atoms with E-state index in [2.05, 4.69) is 118 Å². The van der Waals surface area contributed by atoms with Crippen molar-refractivity contribution in [2.45, 2.75) is 0 Å². The van der Waals surface area contributed by atoms with Crippen molar-refractivity contribution in [3.8, 4) is 28.3 Å². The summed E-state index contributed by atoms with van der Waals surface area (Å²) in [6.07, 6.45) is 0. The number of nitrogens with zero attached hydrogens (tertiary/aromatic N) is 4. The summed E-state index contributed by atoms with van der Waals surface area (Å²) in [4.78, 5) is 8.06. The number of nitriles is 1. The third-order valence-corrected chi connectivity index (χ3v) is 9.54. The van der Waals surface area contributed by atoms with E-state index in [1.165, 1.54) is 43.8 Å². The number of hydrogen-bond donors (Lipinski definition) is 0. The van der Waals surface area contributed by atoms with Gasteiger partial charge >= 0.3 is 0 Å². The smallest absolute Gasteiger partial charge is 0.187 e. The molecule has 232 valence electrons. The highest BCUT2D eigenvalue weighted by Gasteiger charge is 2.25. The van der Waals surface area contributed by atoms with Crippen molar-refractivity contribution in [2.75, 3.05) is 9.80 Å². The van der Waals surface area contributed by atoms with Gasteiger partial charge in [0.25, 0.3) is 0 Å². The number of fused-ring (bicyclic) bond motifs is 6. The quantitative estimate of drug-likeness (QED) is 0.170. The monoisotopic (exact) mass is 636 g/mol. The Balaban J connectivity index is 1.12. The van der Waals surface area contributed by atoms with E-state index in [0.717, 1.165) is 34.1 Å². The molecule has 0 saturated heterocycles. The van der Waals surface area contributed by atoms with Crippen LogP contribution in [-0.2, 0) is 0 Å². The standard InChI is InChI=1S/C46H28N4/c1-48-36-16-22-40(23-17-36)50(38-10-6-3-7-11-38)42-21-15-33-27-44-43-26-32-14-20-41(24-34(32)28-45(43)46(44)29-35(33)25-42)49(37-8-4-2-5-9-37)39-18-12-31(30-47)13-19-39/h2-29H. The second-order valence-corrected chi connectivity index (χ2v) is 12.5. The van der Waals surface area contributed by atoms with Gasteiger partial charge in [0.2, 0.25) is 0 Å². The van der Waals surface area contributed by atoms with Gasteiger partial charge in [-0.1, -0.05) is 60.7 Å². The van der Waals surface area contributed by atoms with Crippen LogP contribution in [0.25, 0.3) is 48.6 Å². The van der Waals surface area contributed by atoms with Crippen molar-refractivity contribution in [3.63, 3.8) is 0 Å². The van der Waals surface area contributed by atoms with E-state index in [9.17, 15) is 5.26 Å². The minimum absolute atomic E-state index is 0.625. The lowest BCUT2D eigenvalue weighted by Gasteiger charge is -2.28. The Bertz CT molecular complexity index is 2460. The average molecular weight is 637 g/mol. The van der Waals surface area contributed by atoms with Gasteiger partial charge in [0.15, 0.2) is 5.69 Å². The van der Waals surface area contributed by atoms with Crippen molar-refractivity contribution in [1.82, 2.24) is 0 Å². The molecule has 0 radical (unpaired) electrons. The minimum atomic E-state index is 0.625. The summed E-state index contributed by atoms with van der Waals surface area (Å²) < 4.78 is 0. The Morgan fingerprint density at radius 1 is 0.400 bits per heavy atom. The molecule has 4 heteroatoms. The Morgan fingerprint density at radius 3 is 1.20 bits per heavy atom. The number of benzene rings is 8. The molecule has 0 N–H and O–H groups in total. The van der Waals surface area contributed by atoms with Crippen LogP contribution in [0.5, 0.6) is 0 Å². The molecule has 9 rings (SSSR count). The predicted octanol–water partition coefficient (Wildman–Crippen LogP) is 13.0. The molecule has 4 nitrogen and oxygen atoms in total. The van der Waals surface area contributed by atoms with E-state index >= 15 is 0 Å². The maximum absolute atomic E-state index is 9.38. The molecular formula is C46H28N4. The molecule has 1 aliphatic carbocycles. The molecule has 8 aromatic rings. The normalized spacial score (nSPS) is 11.2. The van der Waals surface area contributed by atoms with E-state index in [1.807, 2.05) is 72.8 Å². The van der Waals surface area contributed by atoms with Gasteiger partial charge in [-0.15, -0.1) is 0 Å². The molecule has 1 aliphatic rings. The van der Waals surface area contributed by atoms with E-state index in [1.54, 1.807) is 0 Å². The highest BCUT2D eigenvalue weighted by atomic mass is 15.1. The van der Waals surface area contributed by atoms with Crippen LogP contribution in [0.1, 0.15) is 5.56 Å². The molecule has 0 unspecified atom stereocenters. The Kier molecular flexibility index (Phi) is 6.87. The Morgan fingerprint density at radius 2 is 0.780 bits per heavy atom. The van der Waals surface area contributed by atoms with Crippen molar-refractivity contribution < 1.29 is 0 Å². The topological polar surface area (TPSA) is 34.6 Å². The van der Waals surface area contributed by atoms with E-state index in [4.69, 9.17) is 6.57 Å². The zero-order valence-corrected chi connectivity index (χ0v) is 27.0. The van der Waals surface area contributed by atoms with Crippen LogP contribution in [0.3, 0.4) is 0 Å². The highest BCUT2D eigenvalue weighted by molar-refractivity contribution is 6.12. The molecule has 0 aromatic heterocycles. The molecular weight excluding hydrogens is 609 g/mol. The second-order valence-electron chi connectivity index (χ2n) is 12.5. The maximum Gasteiger partial charge on any atom is 0.187 e. The number of rotatable bonds is 6. The first-order valence-electron chi connectivity index (χ1n) is 16.5. The summed E-state index contributed by atoms with van der Waals surface area (Å²) in [7, 11) is 0. The van der Waals surface area contributed by atoms with Gasteiger partial charge in [-0.3, -0.25) is 0 Å². The molecule has 0 bridgehead atoms. The number of hydrogen-bond acceptors (Lipinski definition) is 3. The van der Waals surface area contributed by atoms with Gasteiger partial charge < -0.3 is 9.80 Å². The van der Waals surface area contributed by atoms with Gasteiger partial charge in [0.05, 0.1) is 18.2 Å². The first-order valence-corrected chi connectivity index (χ1v) is 16.5. The minimum Gasteiger partial charge on any atom is -0.311 e. The van der Waals surface area contributed by atoms with Gasteiger partial charge in [-0.2, -0.15) is 5.26 Å². The lowest BCUT2D eigenvalue weighted by Crippen LogP contribution is -2.10. The largest absolute Gasteiger partial charge is 0.311 e. The van der Waals surface area contributed by atoms with Crippen LogP contribution in [-0.4, -0.2) is 0 Å². The van der Waals surface area contributed by atoms with Gasteiger partial charge in [-0.25, -0.2) is 4.85 Å². The van der Waals surface area contributed by atoms with Crippen LogP contribution in [0.15, 0.2) is 170 Å². The zero-order chi connectivity index (χ0) is 33.6. The summed E-state index contributed by atoms with van der Waals surface area (Å²) in [5, 5.41) is 14.1. The van der Waals surface area contributed by atoms with Crippen LogP contribution in [0, 0.1) is 17.9 Å². The van der Waals surface area contributed by atoms with E-state index < -0.39 is 0 Å². The zero-order valence-electron chi connectivity index (χ0n) is 27.0. The van der Waals surface area contributed by atoms with Crippen molar-refractivity contribution in [1.29, 1.82) is 5.26 Å². The molecule has 0 saturated carbocycles. The summed E-state index contributed by atoms with van der Waals surface area (Å²) >= 11 is 0. The van der Waals surface area contributed by atoms with Crippen LogP contribution in [0.4, 0.5) is 39.8 Å². The van der Waals surface area contributed by atoms with Crippen LogP contribution < -0.4 is 9.80 Å². The fraction of sp³-hybridized carbons (Fsp3) is 0. The van der Waals surface area contributed by atoms with Crippen LogP contribution in [0.2, 0.25) is 0 Å².